The highest BCUT2D eigenvalue weighted by Gasteiger charge is 2.29. The van der Waals surface area contributed by atoms with Crippen LogP contribution >= 0.6 is 0 Å². The van der Waals surface area contributed by atoms with Gasteiger partial charge in [-0.05, 0) is 19.3 Å². The third-order valence-electron chi connectivity index (χ3n) is 2.19. The number of likely N-dealkylation sites (tertiary alicyclic amines) is 1. The number of aliphatic carboxylic acids is 1. The van der Waals surface area contributed by atoms with Crippen molar-refractivity contribution in [1.82, 2.24) is 4.90 Å². The molecule has 0 spiro atoms. The summed E-state index contributed by atoms with van der Waals surface area (Å²) in [7, 11) is 0. The van der Waals surface area contributed by atoms with Crippen molar-refractivity contribution in [3.63, 3.8) is 0 Å². The fourth-order valence-corrected chi connectivity index (χ4v) is 1.57. The summed E-state index contributed by atoms with van der Waals surface area (Å²) in [5.74, 6) is -1.02. The van der Waals surface area contributed by atoms with E-state index in [1.165, 1.54) is 11.8 Å². The monoisotopic (exact) mass is 171 g/mol. The van der Waals surface area contributed by atoms with Crippen molar-refractivity contribution >= 4 is 11.9 Å². The second-order valence-electron chi connectivity index (χ2n) is 3.06. The Kier molecular flexibility index (Phi) is 2.68. The fraction of sp³-hybridized carbons (Fsp3) is 0.750. The minimum Gasteiger partial charge on any atom is -0.480 e. The van der Waals surface area contributed by atoms with Crippen LogP contribution in [0.2, 0.25) is 0 Å². The van der Waals surface area contributed by atoms with Crippen molar-refractivity contribution in [3.8, 4) is 0 Å². The van der Waals surface area contributed by atoms with Gasteiger partial charge in [-0.25, -0.2) is 4.79 Å². The van der Waals surface area contributed by atoms with Gasteiger partial charge in [0.15, 0.2) is 0 Å². The zero-order valence-electron chi connectivity index (χ0n) is 7.12. The average molecular weight is 171 g/mol. The number of hydrogen-bond acceptors (Lipinski definition) is 2. The molecule has 0 radical (unpaired) electrons. The Labute approximate surface area is 71.2 Å². The van der Waals surface area contributed by atoms with Crippen LogP contribution in [0.4, 0.5) is 0 Å². The van der Waals surface area contributed by atoms with Gasteiger partial charge in [-0.1, -0.05) is 0 Å². The molecule has 4 nitrogen and oxygen atoms in total. The Morgan fingerprint density at radius 3 is 2.50 bits per heavy atom. The molecule has 0 bridgehead atoms. The molecule has 4 heteroatoms. The first-order valence-corrected chi connectivity index (χ1v) is 4.13. The number of nitrogens with zero attached hydrogens (tertiary/aromatic N) is 1. The zero-order valence-corrected chi connectivity index (χ0v) is 7.12. The van der Waals surface area contributed by atoms with Crippen molar-refractivity contribution in [1.29, 1.82) is 0 Å². The molecule has 1 saturated heterocycles. The Hall–Kier alpha value is -1.06. The van der Waals surface area contributed by atoms with Crippen molar-refractivity contribution in [2.75, 3.05) is 6.54 Å². The number of amides is 1. The third kappa shape index (κ3) is 1.75. The van der Waals surface area contributed by atoms with Gasteiger partial charge in [0.1, 0.15) is 6.04 Å². The van der Waals surface area contributed by atoms with Crippen LogP contribution in [0.1, 0.15) is 26.2 Å². The van der Waals surface area contributed by atoms with Gasteiger partial charge in [0.2, 0.25) is 5.91 Å². The van der Waals surface area contributed by atoms with Gasteiger partial charge in [0.05, 0.1) is 0 Å². The summed E-state index contributed by atoms with van der Waals surface area (Å²) in [4.78, 5) is 23.1. The Morgan fingerprint density at radius 2 is 2.08 bits per heavy atom. The van der Waals surface area contributed by atoms with Crippen LogP contribution in [-0.4, -0.2) is 34.5 Å². The second-order valence-corrected chi connectivity index (χ2v) is 3.06. The number of piperidine rings is 1. The molecule has 1 rings (SSSR count). The summed E-state index contributed by atoms with van der Waals surface area (Å²) in [6.45, 7) is 2.01. The van der Waals surface area contributed by atoms with Gasteiger partial charge in [0, 0.05) is 13.5 Å². The van der Waals surface area contributed by atoms with Gasteiger partial charge in [-0.3, -0.25) is 4.79 Å². The van der Waals surface area contributed by atoms with Crippen molar-refractivity contribution < 1.29 is 14.7 Å². The third-order valence-corrected chi connectivity index (χ3v) is 2.19. The lowest BCUT2D eigenvalue weighted by Gasteiger charge is -2.31. The maximum absolute atomic E-state index is 11.0. The lowest BCUT2D eigenvalue weighted by molar-refractivity contribution is -0.151. The van der Waals surface area contributed by atoms with E-state index in [1.807, 2.05) is 0 Å². The zero-order chi connectivity index (χ0) is 9.14. The van der Waals surface area contributed by atoms with Crippen LogP contribution in [0.5, 0.6) is 0 Å². The molecular weight excluding hydrogens is 158 g/mol. The van der Waals surface area contributed by atoms with E-state index in [2.05, 4.69) is 0 Å². The summed E-state index contributed by atoms with van der Waals surface area (Å²) >= 11 is 0. The molecule has 1 N–H and O–H groups in total. The largest absolute Gasteiger partial charge is 0.480 e. The minimum atomic E-state index is -0.884. The quantitative estimate of drug-likeness (QED) is 0.624. The molecule has 68 valence electrons. The van der Waals surface area contributed by atoms with Crippen LogP contribution in [-0.2, 0) is 9.59 Å². The highest BCUT2D eigenvalue weighted by Crippen LogP contribution is 2.16. The molecule has 1 heterocycles. The van der Waals surface area contributed by atoms with E-state index in [0.717, 1.165) is 12.8 Å². The van der Waals surface area contributed by atoms with Crippen LogP contribution < -0.4 is 0 Å². The second kappa shape index (κ2) is 3.56. The minimum absolute atomic E-state index is 0.137. The van der Waals surface area contributed by atoms with Crippen molar-refractivity contribution in [2.45, 2.75) is 32.2 Å². The molecule has 1 aliphatic heterocycles. The number of rotatable bonds is 1. The number of carboxylic acid groups (broad SMARTS) is 1. The molecule has 0 aromatic carbocycles. The van der Waals surface area contributed by atoms with Crippen molar-refractivity contribution in [2.24, 2.45) is 0 Å². The Morgan fingerprint density at radius 1 is 1.42 bits per heavy atom. The molecule has 0 aromatic heterocycles. The molecule has 0 saturated carbocycles. The number of carbonyl (C=O) groups excluding carboxylic acids is 1. The van der Waals surface area contributed by atoms with Gasteiger partial charge >= 0.3 is 5.97 Å². The molecule has 1 fully saturated rings. The maximum Gasteiger partial charge on any atom is 0.326 e. The molecule has 0 aromatic rings. The summed E-state index contributed by atoms with van der Waals surface area (Å²) in [5, 5.41) is 8.76. The summed E-state index contributed by atoms with van der Waals surface area (Å²) in [5.41, 5.74) is 0. The van der Waals surface area contributed by atoms with E-state index < -0.39 is 12.0 Å². The SMILES string of the molecule is CC(=O)N1CCCC[C@@H]1C(=O)O. The first-order valence-electron chi connectivity index (χ1n) is 4.13. The number of hydrogen-bond donors (Lipinski definition) is 1. The number of carbonyl (C=O) groups is 2. The molecule has 0 aliphatic carbocycles. The lowest BCUT2D eigenvalue weighted by Crippen LogP contribution is -2.46. The van der Waals surface area contributed by atoms with Gasteiger partial charge in [-0.15, -0.1) is 0 Å². The van der Waals surface area contributed by atoms with E-state index >= 15 is 0 Å². The normalized spacial score (nSPS) is 23.8. The van der Waals surface area contributed by atoms with Gasteiger partial charge in [0.25, 0.3) is 0 Å². The van der Waals surface area contributed by atoms with E-state index in [-0.39, 0.29) is 5.91 Å². The van der Waals surface area contributed by atoms with Crippen LogP contribution in [0.3, 0.4) is 0 Å². The van der Waals surface area contributed by atoms with Crippen molar-refractivity contribution in [3.05, 3.63) is 0 Å². The Balaban J connectivity index is 2.67. The lowest BCUT2D eigenvalue weighted by atomic mass is 10.0. The first kappa shape index (κ1) is 9.03. The molecule has 1 aliphatic rings. The van der Waals surface area contributed by atoms with E-state index in [1.54, 1.807) is 0 Å². The molecule has 1 atom stereocenters. The summed E-state index contributed by atoms with van der Waals surface area (Å²) in [6, 6.07) is -0.587. The average Bonchev–Trinajstić information content (AvgIpc) is 2.04. The topological polar surface area (TPSA) is 57.6 Å². The molecular formula is C8H13NO3. The van der Waals surface area contributed by atoms with Gasteiger partial charge < -0.3 is 10.0 Å². The molecule has 12 heavy (non-hydrogen) atoms. The summed E-state index contributed by atoms with van der Waals surface area (Å²) in [6.07, 6.45) is 2.42. The van der Waals surface area contributed by atoms with Gasteiger partial charge in [-0.2, -0.15) is 0 Å². The fourth-order valence-electron chi connectivity index (χ4n) is 1.57. The highest BCUT2D eigenvalue weighted by molar-refractivity contribution is 5.82. The van der Waals surface area contributed by atoms with E-state index in [4.69, 9.17) is 5.11 Å². The van der Waals surface area contributed by atoms with E-state index in [0.29, 0.717) is 13.0 Å². The first-order chi connectivity index (χ1) is 5.63. The summed E-state index contributed by atoms with van der Waals surface area (Å²) < 4.78 is 0. The molecule has 1 amide bonds. The Bertz CT molecular complexity index is 180. The smallest absolute Gasteiger partial charge is 0.326 e. The predicted molar refractivity (Wildman–Crippen MR) is 42.7 cm³/mol. The highest BCUT2D eigenvalue weighted by atomic mass is 16.4. The standard InChI is InChI=1S/C8H13NO3/c1-6(10)9-5-3-2-4-7(9)8(11)12/h7H,2-5H2,1H3,(H,11,12)/t7-/m1/s1. The van der Waals surface area contributed by atoms with Crippen LogP contribution in [0.15, 0.2) is 0 Å². The maximum atomic E-state index is 11.0. The predicted octanol–water partition coefficient (Wildman–Crippen LogP) is 0.472. The molecule has 0 unspecified atom stereocenters. The van der Waals surface area contributed by atoms with Crippen LogP contribution in [0, 0.1) is 0 Å². The van der Waals surface area contributed by atoms with E-state index in [9.17, 15) is 9.59 Å². The van der Waals surface area contributed by atoms with Crippen LogP contribution in [0.25, 0.3) is 0 Å². The number of carboxylic acids is 1.